The molecule has 0 saturated carbocycles. The summed E-state index contributed by atoms with van der Waals surface area (Å²) in [4.78, 5) is 24.1. The number of carbonyl (C=O) groups excluding carboxylic acids is 1. The summed E-state index contributed by atoms with van der Waals surface area (Å²) in [7, 11) is 0. The van der Waals surface area contributed by atoms with E-state index in [1.807, 2.05) is 31.2 Å². The fourth-order valence-corrected chi connectivity index (χ4v) is 2.15. The van der Waals surface area contributed by atoms with Crippen molar-refractivity contribution < 1.29 is 4.79 Å². The molecule has 0 unspecified atom stereocenters. The van der Waals surface area contributed by atoms with Crippen LogP contribution in [0.2, 0.25) is 0 Å². The Morgan fingerprint density at radius 3 is 2.60 bits per heavy atom. The van der Waals surface area contributed by atoms with Crippen LogP contribution in [0.1, 0.15) is 15.9 Å². The predicted molar refractivity (Wildman–Crippen MR) is 96.2 cm³/mol. The maximum absolute atomic E-state index is 12.0. The number of benzene rings is 1. The standard InChI is InChI=1S/C17H17N7O/c1-11-3-2-4-13(9-11)22-15-14(18)16(21-10-20-15)23-24-17(25)12-5-7-19-8-6-12/h2-10H,18H2,1H3,(H,24,25)(H2,20,21,22,23). The number of nitrogens with zero attached hydrogens (tertiary/aromatic N) is 3. The topological polar surface area (TPSA) is 118 Å². The lowest BCUT2D eigenvalue weighted by Gasteiger charge is -2.13. The first-order valence-corrected chi connectivity index (χ1v) is 7.54. The van der Waals surface area contributed by atoms with Crippen molar-refractivity contribution in [3.63, 3.8) is 0 Å². The lowest BCUT2D eigenvalue weighted by Crippen LogP contribution is -2.30. The maximum Gasteiger partial charge on any atom is 0.269 e. The van der Waals surface area contributed by atoms with E-state index in [4.69, 9.17) is 5.73 Å². The third kappa shape index (κ3) is 3.99. The molecule has 8 heteroatoms. The summed E-state index contributed by atoms with van der Waals surface area (Å²) in [6.07, 6.45) is 4.44. The molecule has 0 spiro atoms. The fraction of sp³-hybridized carbons (Fsp3) is 0.0588. The molecule has 0 aliphatic carbocycles. The molecule has 2 aromatic heterocycles. The lowest BCUT2D eigenvalue weighted by molar-refractivity contribution is 0.0962. The molecule has 0 aliphatic rings. The summed E-state index contributed by atoms with van der Waals surface area (Å²) in [6.45, 7) is 2.00. The summed E-state index contributed by atoms with van der Waals surface area (Å²) in [5.74, 6) is 0.419. The van der Waals surface area contributed by atoms with E-state index in [0.29, 0.717) is 22.9 Å². The lowest BCUT2D eigenvalue weighted by atomic mass is 10.2. The highest BCUT2D eigenvalue weighted by Crippen LogP contribution is 2.25. The van der Waals surface area contributed by atoms with E-state index in [-0.39, 0.29) is 5.91 Å². The van der Waals surface area contributed by atoms with E-state index in [9.17, 15) is 4.79 Å². The van der Waals surface area contributed by atoms with Gasteiger partial charge in [-0.1, -0.05) is 12.1 Å². The Morgan fingerprint density at radius 1 is 1.08 bits per heavy atom. The van der Waals surface area contributed by atoms with Crippen molar-refractivity contribution in [2.45, 2.75) is 6.92 Å². The van der Waals surface area contributed by atoms with E-state index >= 15 is 0 Å². The van der Waals surface area contributed by atoms with Crippen LogP contribution in [0.3, 0.4) is 0 Å². The van der Waals surface area contributed by atoms with E-state index < -0.39 is 0 Å². The number of aromatic nitrogens is 3. The number of hydrazine groups is 1. The Hall–Kier alpha value is -3.68. The van der Waals surface area contributed by atoms with Gasteiger partial charge >= 0.3 is 0 Å². The molecule has 0 bridgehead atoms. The van der Waals surface area contributed by atoms with Crippen molar-refractivity contribution in [3.8, 4) is 0 Å². The van der Waals surface area contributed by atoms with Crippen LogP contribution < -0.4 is 21.9 Å². The Kier molecular flexibility index (Phi) is 4.70. The molecule has 3 aromatic rings. The highest BCUT2D eigenvalue weighted by molar-refractivity contribution is 5.95. The van der Waals surface area contributed by atoms with Crippen LogP contribution in [0.15, 0.2) is 55.1 Å². The van der Waals surface area contributed by atoms with Gasteiger partial charge in [0.15, 0.2) is 11.6 Å². The molecule has 8 nitrogen and oxygen atoms in total. The molecule has 0 radical (unpaired) electrons. The van der Waals surface area contributed by atoms with Gasteiger partial charge in [0.1, 0.15) is 12.0 Å². The third-order valence-electron chi connectivity index (χ3n) is 3.40. The van der Waals surface area contributed by atoms with Crippen molar-refractivity contribution in [3.05, 3.63) is 66.2 Å². The summed E-state index contributed by atoms with van der Waals surface area (Å²) in [5.41, 5.74) is 14.1. The molecule has 3 rings (SSSR count). The van der Waals surface area contributed by atoms with Gasteiger partial charge in [-0.25, -0.2) is 9.97 Å². The van der Waals surface area contributed by atoms with Crippen LogP contribution in [-0.4, -0.2) is 20.9 Å². The molecule has 0 aliphatic heterocycles. The van der Waals surface area contributed by atoms with Crippen molar-refractivity contribution >= 4 is 28.9 Å². The zero-order chi connectivity index (χ0) is 17.6. The van der Waals surface area contributed by atoms with E-state index in [1.54, 1.807) is 12.1 Å². The molecule has 0 atom stereocenters. The smallest absolute Gasteiger partial charge is 0.269 e. The number of hydrogen-bond acceptors (Lipinski definition) is 7. The average molecular weight is 335 g/mol. The monoisotopic (exact) mass is 335 g/mol. The van der Waals surface area contributed by atoms with Crippen LogP contribution in [0.4, 0.5) is 23.0 Å². The minimum absolute atomic E-state index is 0.291. The van der Waals surface area contributed by atoms with Crippen LogP contribution in [0.5, 0.6) is 0 Å². The first kappa shape index (κ1) is 16.2. The Morgan fingerprint density at radius 2 is 1.84 bits per heavy atom. The number of nitrogens with two attached hydrogens (primary N) is 1. The molecular weight excluding hydrogens is 318 g/mol. The molecular formula is C17H17N7O. The maximum atomic E-state index is 12.0. The van der Waals surface area contributed by atoms with Gasteiger partial charge in [0.2, 0.25) is 0 Å². The SMILES string of the molecule is Cc1cccc(Nc2ncnc(NNC(=O)c3ccncc3)c2N)c1. The number of aryl methyl sites for hydroxylation is 1. The minimum atomic E-state index is -0.325. The molecule has 5 N–H and O–H groups in total. The Balaban J connectivity index is 1.72. The van der Waals surface area contributed by atoms with E-state index in [1.165, 1.54) is 18.7 Å². The Labute approximate surface area is 144 Å². The number of carbonyl (C=O) groups is 1. The van der Waals surface area contributed by atoms with Crippen molar-refractivity contribution in [1.29, 1.82) is 0 Å². The molecule has 2 heterocycles. The van der Waals surface area contributed by atoms with Crippen molar-refractivity contribution in [2.75, 3.05) is 16.5 Å². The second kappa shape index (κ2) is 7.26. The minimum Gasteiger partial charge on any atom is -0.393 e. The third-order valence-corrected chi connectivity index (χ3v) is 3.40. The number of nitrogens with one attached hydrogen (secondary N) is 3. The van der Waals surface area contributed by atoms with Crippen LogP contribution in [-0.2, 0) is 0 Å². The molecule has 1 amide bonds. The number of amides is 1. The number of anilines is 4. The second-order valence-corrected chi connectivity index (χ2v) is 5.29. The van der Waals surface area contributed by atoms with E-state index in [2.05, 4.69) is 31.1 Å². The first-order valence-electron chi connectivity index (χ1n) is 7.54. The highest BCUT2D eigenvalue weighted by atomic mass is 16.2. The molecule has 0 saturated heterocycles. The average Bonchev–Trinajstić information content (AvgIpc) is 2.63. The number of nitrogen functional groups attached to an aromatic ring is 1. The number of hydrogen-bond donors (Lipinski definition) is 4. The zero-order valence-corrected chi connectivity index (χ0v) is 13.5. The molecule has 0 fully saturated rings. The van der Waals surface area contributed by atoms with Crippen LogP contribution in [0.25, 0.3) is 0 Å². The van der Waals surface area contributed by atoms with E-state index in [0.717, 1.165) is 11.3 Å². The zero-order valence-electron chi connectivity index (χ0n) is 13.5. The fourth-order valence-electron chi connectivity index (χ4n) is 2.15. The summed E-state index contributed by atoms with van der Waals surface area (Å²) < 4.78 is 0. The summed E-state index contributed by atoms with van der Waals surface area (Å²) in [5, 5.41) is 3.14. The second-order valence-electron chi connectivity index (χ2n) is 5.29. The van der Waals surface area contributed by atoms with Gasteiger partial charge in [-0.3, -0.25) is 20.6 Å². The quantitative estimate of drug-likeness (QED) is 0.528. The van der Waals surface area contributed by atoms with Gasteiger partial charge < -0.3 is 11.1 Å². The van der Waals surface area contributed by atoms with Crippen LogP contribution >= 0.6 is 0 Å². The van der Waals surface area contributed by atoms with Gasteiger partial charge in [-0.05, 0) is 36.8 Å². The van der Waals surface area contributed by atoms with Gasteiger partial charge in [0, 0.05) is 23.6 Å². The molecule has 25 heavy (non-hydrogen) atoms. The van der Waals surface area contributed by atoms with Gasteiger partial charge in [-0.15, -0.1) is 0 Å². The van der Waals surface area contributed by atoms with Gasteiger partial charge in [0.25, 0.3) is 5.91 Å². The Bertz CT molecular complexity index is 883. The largest absolute Gasteiger partial charge is 0.393 e. The summed E-state index contributed by atoms with van der Waals surface area (Å²) in [6, 6.07) is 11.0. The number of pyridine rings is 1. The number of rotatable bonds is 5. The van der Waals surface area contributed by atoms with Gasteiger partial charge in [0.05, 0.1) is 0 Å². The normalized spacial score (nSPS) is 10.1. The van der Waals surface area contributed by atoms with Crippen molar-refractivity contribution in [2.24, 2.45) is 0 Å². The van der Waals surface area contributed by atoms with Crippen molar-refractivity contribution in [1.82, 2.24) is 20.4 Å². The van der Waals surface area contributed by atoms with Gasteiger partial charge in [-0.2, -0.15) is 0 Å². The highest BCUT2D eigenvalue weighted by Gasteiger charge is 2.10. The molecule has 126 valence electrons. The van der Waals surface area contributed by atoms with Crippen LogP contribution in [0, 0.1) is 6.92 Å². The molecule has 1 aromatic carbocycles. The summed E-state index contributed by atoms with van der Waals surface area (Å²) >= 11 is 0. The first-order chi connectivity index (χ1) is 12.1. The predicted octanol–water partition coefficient (Wildman–Crippen LogP) is 2.26.